The second-order valence-electron chi connectivity index (χ2n) is 5.64. The van der Waals surface area contributed by atoms with Gasteiger partial charge in [0, 0.05) is 12.1 Å². The quantitative estimate of drug-likeness (QED) is 0.884. The Bertz CT molecular complexity index is 680. The summed E-state index contributed by atoms with van der Waals surface area (Å²) in [5.41, 5.74) is 2.81. The molecule has 1 amide bonds. The van der Waals surface area contributed by atoms with Crippen LogP contribution in [0.25, 0.3) is 0 Å². The third-order valence-electron chi connectivity index (χ3n) is 3.49. The van der Waals surface area contributed by atoms with Gasteiger partial charge < -0.3 is 14.8 Å². The van der Waals surface area contributed by atoms with Gasteiger partial charge in [-0.15, -0.1) is 0 Å². The highest BCUT2D eigenvalue weighted by molar-refractivity contribution is 5.94. The molecular weight excluding hydrogens is 290 g/mol. The third kappa shape index (κ3) is 4.49. The number of hydrogen-bond acceptors (Lipinski definition) is 3. The summed E-state index contributed by atoms with van der Waals surface area (Å²) in [6.45, 7) is 6.42. The van der Waals surface area contributed by atoms with Crippen molar-refractivity contribution in [1.82, 2.24) is 5.32 Å². The Hall–Kier alpha value is -2.49. The van der Waals surface area contributed by atoms with Crippen LogP contribution in [-0.4, -0.2) is 19.1 Å². The molecule has 0 heterocycles. The Labute approximate surface area is 137 Å². The van der Waals surface area contributed by atoms with Crippen LogP contribution in [0.5, 0.6) is 11.5 Å². The lowest BCUT2D eigenvalue weighted by atomic mass is 10.1. The van der Waals surface area contributed by atoms with Gasteiger partial charge in [0.2, 0.25) is 0 Å². The number of carbonyl (C=O) groups is 1. The highest BCUT2D eigenvalue weighted by atomic mass is 16.5. The molecule has 23 heavy (non-hydrogen) atoms. The van der Waals surface area contributed by atoms with Crippen LogP contribution in [0.1, 0.15) is 35.3 Å². The van der Waals surface area contributed by atoms with E-state index in [9.17, 15) is 4.79 Å². The zero-order valence-electron chi connectivity index (χ0n) is 14.1. The van der Waals surface area contributed by atoms with Crippen LogP contribution < -0.4 is 14.8 Å². The first-order valence-electron chi connectivity index (χ1n) is 7.68. The summed E-state index contributed by atoms with van der Waals surface area (Å²) in [4.78, 5) is 12.3. The molecule has 4 heteroatoms. The second kappa shape index (κ2) is 7.68. The van der Waals surface area contributed by atoms with Gasteiger partial charge in [0.1, 0.15) is 0 Å². The molecule has 0 atom stereocenters. The summed E-state index contributed by atoms with van der Waals surface area (Å²) in [6.07, 6.45) is 0.0460. The van der Waals surface area contributed by atoms with E-state index in [1.165, 1.54) is 0 Å². The molecule has 4 nitrogen and oxygen atoms in total. The van der Waals surface area contributed by atoms with Crippen molar-refractivity contribution in [3.63, 3.8) is 0 Å². The Balaban J connectivity index is 2.09. The lowest BCUT2D eigenvalue weighted by Crippen LogP contribution is -2.23. The molecule has 2 aromatic carbocycles. The van der Waals surface area contributed by atoms with Gasteiger partial charge in [-0.1, -0.05) is 24.3 Å². The van der Waals surface area contributed by atoms with Crippen molar-refractivity contribution in [3.8, 4) is 11.5 Å². The van der Waals surface area contributed by atoms with E-state index in [0.717, 1.165) is 11.1 Å². The molecule has 0 fully saturated rings. The second-order valence-corrected chi connectivity index (χ2v) is 5.64. The SMILES string of the molecule is COc1cc(C(=O)NCc2ccccc2C)ccc1OC(C)C. The molecule has 0 spiro atoms. The van der Waals surface area contributed by atoms with Gasteiger partial charge in [-0.25, -0.2) is 0 Å². The smallest absolute Gasteiger partial charge is 0.251 e. The van der Waals surface area contributed by atoms with Crippen LogP contribution in [0, 0.1) is 6.92 Å². The van der Waals surface area contributed by atoms with Gasteiger partial charge in [-0.3, -0.25) is 4.79 Å². The molecule has 0 aliphatic rings. The lowest BCUT2D eigenvalue weighted by molar-refractivity contribution is 0.0950. The molecule has 0 aliphatic carbocycles. The average molecular weight is 313 g/mol. The highest BCUT2D eigenvalue weighted by Gasteiger charge is 2.12. The Kier molecular flexibility index (Phi) is 5.63. The van der Waals surface area contributed by atoms with Gasteiger partial charge in [0.15, 0.2) is 11.5 Å². The van der Waals surface area contributed by atoms with Crippen LogP contribution in [0.3, 0.4) is 0 Å². The maximum absolute atomic E-state index is 12.3. The summed E-state index contributed by atoms with van der Waals surface area (Å²) in [5, 5.41) is 2.93. The van der Waals surface area contributed by atoms with Crippen LogP contribution in [0.15, 0.2) is 42.5 Å². The fourth-order valence-corrected chi connectivity index (χ4v) is 2.25. The van der Waals surface area contributed by atoms with Crippen molar-refractivity contribution in [3.05, 3.63) is 59.2 Å². The van der Waals surface area contributed by atoms with E-state index in [0.29, 0.717) is 23.6 Å². The summed E-state index contributed by atoms with van der Waals surface area (Å²) in [5.74, 6) is 1.06. The van der Waals surface area contributed by atoms with Crippen molar-refractivity contribution >= 4 is 5.91 Å². The van der Waals surface area contributed by atoms with Crippen LogP contribution in [-0.2, 0) is 6.54 Å². The fraction of sp³-hybridized carbons (Fsp3) is 0.316. The molecule has 122 valence electrons. The minimum absolute atomic E-state index is 0.0460. The molecule has 0 bridgehead atoms. The lowest BCUT2D eigenvalue weighted by Gasteiger charge is -2.14. The summed E-state index contributed by atoms with van der Waals surface area (Å²) in [6, 6.07) is 13.2. The standard InChI is InChI=1S/C19H23NO3/c1-13(2)23-17-10-9-15(11-18(17)22-4)19(21)20-12-16-8-6-5-7-14(16)3/h5-11,13H,12H2,1-4H3,(H,20,21). The Morgan fingerprint density at radius 3 is 2.52 bits per heavy atom. The van der Waals surface area contributed by atoms with E-state index in [4.69, 9.17) is 9.47 Å². The minimum atomic E-state index is -0.136. The van der Waals surface area contributed by atoms with Gasteiger partial charge in [-0.05, 0) is 50.1 Å². The van der Waals surface area contributed by atoms with Crippen LogP contribution >= 0.6 is 0 Å². The van der Waals surface area contributed by atoms with Crippen LogP contribution in [0.2, 0.25) is 0 Å². The number of benzene rings is 2. The van der Waals surface area contributed by atoms with Crippen molar-refractivity contribution in [1.29, 1.82) is 0 Å². The predicted molar refractivity (Wildman–Crippen MR) is 91.1 cm³/mol. The van der Waals surface area contributed by atoms with Crippen molar-refractivity contribution in [2.45, 2.75) is 33.4 Å². The minimum Gasteiger partial charge on any atom is -0.493 e. The van der Waals surface area contributed by atoms with E-state index in [-0.39, 0.29) is 12.0 Å². The number of methoxy groups -OCH3 is 1. The molecule has 0 aromatic heterocycles. The fourth-order valence-electron chi connectivity index (χ4n) is 2.25. The Morgan fingerprint density at radius 1 is 1.13 bits per heavy atom. The average Bonchev–Trinajstić information content (AvgIpc) is 2.53. The summed E-state index contributed by atoms with van der Waals surface area (Å²) in [7, 11) is 1.57. The van der Waals surface area contributed by atoms with E-state index in [2.05, 4.69) is 5.32 Å². The Morgan fingerprint density at radius 2 is 1.87 bits per heavy atom. The number of ether oxygens (including phenoxy) is 2. The zero-order valence-corrected chi connectivity index (χ0v) is 14.1. The maximum Gasteiger partial charge on any atom is 0.251 e. The third-order valence-corrected chi connectivity index (χ3v) is 3.49. The van der Waals surface area contributed by atoms with E-state index < -0.39 is 0 Å². The van der Waals surface area contributed by atoms with Crippen molar-refractivity contribution in [2.24, 2.45) is 0 Å². The van der Waals surface area contributed by atoms with E-state index >= 15 is 0 Å². The molecule has 0 saturated heterocycles. The van der Waals surface area contributed by atoms with Crippen molar-refractivity contribution in [2.75, 3.05) is 7.11 Å². The summed E-state index contributed by atoms with van der Waals surface area (Å²) >= 11 is 0. The van der Waals surface area contributed by atoms with Gasteiger partial charge in [-0.2, -0.15) is 0 Å². The van der Waals surface area contributed by atoms with E-state index in [1.54, 1.807) is 25.3 Å². The molecule has 0 saturated carbocycles. The molecular formula is C19H23NO3. The largest absolute Gasteiger partial charge is 0.493 e. The number of nitrogens with one attached hydrogen (secondary N) is 1. The first-order chi connectivity index (χ1) is 11.0. The number of aryl methyl sites for hydroxylation is 1. The molecule has 2 rings (SSSR count). The monoisotopic (exact) mass is 313 g/mol. The number of hydrogen-bond donors (Lipinski definition) is 1. The van der Waals surface area contributed by atoms with Gasteiger partial charge in [0.05, 0.1) is 13.2 Å². The first kappa shape index (κ1) is 16.9. The first-order valence-corrected chi connectivity index (χ1v) is 7.68. The maximum atomic E-state index is 12.3. The topological polar surface area (TPSA) is 47.6 Å². The van der Waals surface area contributed by atoms with Crippen molar-refractivity contribution < 1.29 is 14.3 Å². The van der Waals surface area contributed by atoms with E-state index in [1.807, 2.05) is 45.0 Å². The molecule has 0 aliphatic heterocycles. The van der Waals surface area contributed by atoms with Gasteiger partial charge >= 0.3 is 0 Å². The number of rotatable bonds is 6. The molecule has 0 radical (unpaired) electrons. The number of amides is 1. The van der Waals surface area contributed by atoms with Gasteiger partial charge in [0.25, 0.3) is 5.91 Å². The zero-order chi connectivity index (χ0) is 16.8. The van der Waals surface area contributed by atoms with Crippen LogP contribution in [0.4, 0.5) is 0 Å². The normalized spacial score (nSPS) is 10.5. The highest BCUT2D eigenvalue weighted by Crippen LogP contribution is 2.29. The molecule has 0 unspecified atom stereocenters. The molecule has 1 N–H and O–H groups in total. The predicted octanol–water partition coefficient (Wildman–Crippen LogP) is 3.72. The number of carbonyl (C=O) groups excluding carboxylic acids is 1. The summed E-state index contributed by atoms with van der Waals surface area (Å²) < 4.78 is 11.0. The molecule has 2 aromatic rings.